The summed E-state index contributed by atoms with van der Waals surface area (Å²) in [4.78, 5) is 21.6. The lowest BCUT2D eigenvalue weighted by molar-refractivity contribution is -0.109. The van der Waals surface area contributed by atoms with Crippen LogP contribution in [0.5, 0.6) is 0 Å². The summed E-state index contributed by atoms with van der Waals surface area (Å²) in [6.07, 6.45) is -2.56. The minimum atomic E-state index is -1.35. The van der Waals surface area contributed by atoms with Crippen molar-refractivity contribution in [2.45, 2.75) is 19.1 Å². The Labute approximate surface area is 119 Å². The third-order valence-corrected chi connectivity index (χ3v) is 3.64. The van der Waals surface area contributed by atoms with Crippen LogP contribution < -0.4 is 0 Å². The van der Waals surface area contributed by atoms with E-state index in [1.54, 1.807) is 0 Å². The van der Waals surface area contributed by atoms with Gasteiger partial charge in [-0.15, -0.1) is 0 Å². The molecular formula is C12H13ClO5S. The Balaban J connectivity index is 2.91. The second kappa shape index (κ2) is 6.91. The maximum atomic E-state index is 10.8. The minimum Gasteiger partial charge on any atom is -0.478 e. The number of hydrogen-bond donors (Lipinski definition) is 3. The standard InChI is InChI=1S/C12H13ClO5S/c1-6(14)19-5-10(15)11(16)8-4-7(12(17)18)2-3-9(8)13/h2-4,10-11,15-16H,5H2,1H3,(H,17,18). The number of aromatic carboxylic acids is 1. The molecule has 0 aliphatic heterocycles. The summed E-state index contributed by atoms with van der Waals surface area (Å²) in [5, 5.41) is 28.5. The topological polar surface area (TPSA) is 94.8 Å². The Bertz CT molecular complexity index is 491. The van der Waals surface area contributed by atoms with Crippen molar-refractivity contribution in [3.8, 4) is 0 Å². The molecule has 0 aromatic heterocycles. The highest BCUT2D eigenvalue weighted by Crippen LogP contribution is 2.28. The van der Waals surface area contributed by atoms with E-state index in [2.05, 4.69) is 0 Å². The Hall–Kier alpha value is -1.08. The van der Waals surface area contributed by atoms with E-state index in [1.807, 2.05) is 0 Å². The predicted octanol–water partition coefficient (Wildman–Crippen LogP) is 1.71. The Morgan fingerprint density at radius 2 is 2.00 bits per heavy atom. The van der Waals surface area contributed by atoms with Crippen LogP contribution in [-0.4, -0.2) is 38.3 Å². The Morgan fingerprint density at radius 3 is 2.53 bits per heavy atom. The molecule has 0 bridgehead atoms. The van der Waals surface area contributed by atoms with E-state index in [0.29, 0.717) is 0 Å². The van der Waals surface area contributed by atoms with Crippen LogP contribution in [0, 0.1) is 0 Å². The lowest BCUT2D eigenvalue weighted by atomic mass is 10.0. The highest BCUT2D eigenvalue weighted by Gasteiger charge is 2.22. The maximum Gasteiger partial charge on any atom is 0.335 e. The predicted molar refractivity (Wildman–Crippen MR) is 72.5 cm³/mol. The van der Waals surface area contributed by atoms with E-state index in [4.69, 9.17) is 16.7 Å². The number of benzene rings is 1. The molecule has 0 amide bonds. The number of rotatable bonds is 5. The molecule has 5 nitrogen and oxygen atoms in total. The van der Waals surface area contributed by atoms with Crippen LogP contribution in [0.2, 0.25) is 5.02 Å². The lowest BCUT2D eigenvalue weighted by Gasteiger charge is -2.18. The van der Waals surface area contributed by atoms with Crippen LogP contribution in [0.3, 0.4) is 0 Å². The number of aliphatic hydroxyl groups is 2. The molecule has 0 aliphatic rings. The quantitative estimate of drug-likeness (QED) is 0.766. The maximum absolute atomic E-state index is 10.8. The SMILES string of the molecule is CC(=O)SCC(O)C(O)c1cc(C(=O)O)ccc1Cl. The van der Waals surface area contributed by atoms with Gasteiger partial charge in [-0.2, -0.15) is 0 Å². The first-order valence-corrected chi connectivity index (χ1v) is 6.71. The van der Waals surface area contributed by atoms with Crippen molar-refractivity contribution in [1.82, 2.24) is 0 Å². The zero-order chi connectivity index (χ0) is 14.6. The van der Waals surface area contributed by atoms with Gasteiger partial charge in [0.15, 0.2) is 5.12 Å². The molecule has 0 fully saturated rings. The van der Waals surface area contributed by atoms with Crippen molar-refractivity contribution in [2.75, 3.05) is 5.75 Å². The van der Waals surface area contributed by atoms with Crippen LogP contribution in [0.15, 0.2) is 18.2 Å². The van der Waals surface area contributed by atoms with E-state index in [0.717, 1.165) is 11.8 Å². The van der Waals surface area contributed by atoms with Crippen LogP contribution in [0.4, 0.5) is 0 Å². The summed E-state index contributed by atoms with van der Waals surface area (Å²) in [5.41, 5.74) is 0.0862. The highest BCUT2D eigenvalue weighted by molar-refractivity contribution is 8.13. The van der Waals surface area contributed by atoms with Crippen molar-refractivity contribution in [2.24, 2.45) is 0 Å². The number of thioether (sulfide) groups is 1. The Kier molecular flexibility index (Phi) is 5.81. The smallest absolute Gasteiger partial charge is 0.335 e. The first-order valence-electron chi connectivity index (χ1n) is 5.35. The van der Waals surface area contributed by atoms with Crippen molar-refractivity contribution < 1.29 is 24.9 Å². The second-order valence-corrected chi connectivity index (χ2v) is 5.46. The van der Waals surface area contributed by atoms with Crippen molar-refractivity contribution >= 4 is 34.4 Å². The molecule has 0 spiro atoms. The summed E-state index contributed by atoms with van der Waals surface area (Å²) in [6, 6.07) is 3.85. The van der Waals surface area contributed by atoms with E-state index in [-0.39, 0.29) is 27.0 Å². The third kappa shape index (κ3) is 4.50. The van der Waals surface area contributed by atoms with Crippen LogP contribution >= 0.6 is 23.4 Å². The normalized spacial score (nSPS) is 13.9. The van der Waals surface area contributed by atoms with Crippen molar-refractivity contribution in [1.29, 1.82) is 0 Å². The van der Waals surface area contributed by atoms with Crippen LogP contribution in [-0.2, 0) is 4.79 Å². The second-order valence-electron chi connectivity index (χ2n) is 3.86. The molecule has 19 heavy (non-hydrogen) atoms. The fourth-order valence-corrected chi connectivity index (χ4v) is 2.22. The zero-order valence-electron chi connectivity index (χ0n) is 10.0. The average molecular weight is 305 g/mol. The highest BCUT2D eigenvalue weighted by atomic mass is 35.5. The minimum absolute atomic E-state index is 0.00410. The molecule has 0 aliphatic carbocycles. The number of carboxylic acid groups (broad SMARTS) is 1. The van der Waals surface area contributed by atoms with Gasteiger partial charge >= 0.3 is 5.97 Å². The van der Waals surface area contributed by atoms with Crippen molar-refractivity contribution in [3.63, 3.8) is 0 Å². The summed E-state index contributed by atoms with van der Waals surface area (Å²) < 4.78 is 0. The van der Waals surface area contributed by atoms with Gasteiger partial charge < -0.3 is 15.3 Å². The van der Waals surface area contributed by atoms with Gasteiger partial charge in [0.05, 0.1) is 11.7 Å². The molecule has 0 heterocycles. The molecule has 2 atom stereocenters. The summed E-state index contributed by atoms with van der Waals surface area (Å²) in [5.74, 6) is -1.15. The molecule has 0 radical (unpaired) electrons. The third-order valence-electron chi connectivity index (χ3n) is 2.38. The van der Waals surface area contributed by atoms with Gasteiger partial charge in [0.1, 0.15) is 6.10 Å². The molecule has 3 N–H and O–H groups in total. The van der Waals surface area contributed by atoms with Gasteiger partial charge in [0, 0.05) is 23.3 Å². The van der Waals surface area contributed by atoms with Crippen LogP contribution in [0.25, 0.3) is 0 Å². The summed E-state index contributed by atoms with van der Waals surface area (Å²) in [6.45, 7) is 1.35. The molecule has 1 rings (SSSR count). The lowest BCUT2D eigenvalue weighted by Crippen LogP contribution is -2.22. The summed E-state index contributed by atoms with van der Waals surface area (Å²) >= 11 is 6.74. The first-order chi connectivity index (χ1) is 8.82. The number of halogens is 1. The van der Waals surface area contributed by atoms with E-state index < -0.39 is 18.2 Å². The molecule has 2 unspecified atom stereocenters. The fourth-order valence-electron chi connectivity index (χ4n) is 1.40. The van der Waals surface area contributed by atoms with Gasteiger partial charge in [-0.25, -0.2) is 4.79 Å². The Morgan fingerprint density at radius 1 is 1.37 bits per heavy atom. The van der Waals surface area contributed by atoms with E-state index in [9.17, 15) is 19.8 Å². The number of aliphatic hydroxyl groups excluding tert-OH is 2. The number of carboxylic acids is 1. The zero-order valence-corrected chi connectivity index (χ0v) is 11.6. The molecule has 0 saturated heterocycles. The number of carbonyl (C=O) groups excluding carboxylic acids is 1. The first kappa shape index (κ1) is 16.0. The molecule has 1 aromatic rings. The van der Waals surface area contributed by atoms with Crippen LogP contribution in [0.1, 0.15) is 28.9 Å². The molecule has 1 aromatic carbocycles. The van der Waals surface area contributed by atoms with Gasteiger partial charge in [-0.1, -0.05) is 23.4 Å². The molecule has 0 saturated carbocycles. The van der Waals surface area contributed by atoms with Gasteiger partial charge in [0.25, 0.3) is 0 Å². The molecule has 104 valence electrons. The van der Waals surface area contributed by atoms with Gasteiger partial charge in [0.2, 0.25) is 0 Å². The largest absolute Gasteiger partial charge is 0.478 e. The summed E-state index contributed by atoms with van der Waals surface area (Å²) in [7, 11) is 0. The van der Waals surface area contributed by atoms with E-state index >= 15 is 0 Å². The molecule has 7 heteroatoms. The number of hydrogen-bond acceptors (Lipinski definition) is 5. The average Bonchev–Trinajstić information content (AvgIpc) is 2.35. The van der Waals surface area contributed by atoms with Gasteiger partial charge in [-0.3, -0.25) is 4.79 Å². The van der Waals surface area contributed by atoms with E-state index in [1.165, 1.54) is 25.1 Å². The fraction of sp³-hybridized carbons (Fsp3) is 0.333. The van der Waals surface area contributed by atoms with Crippen molar-refractivity contribution in [3.05, 3.63) is 34.3 Å². The monoisotopic (exact) mass is 304 g/mol. The number of carbonyl (C=O) groups is 2. The molecular weight excluding hydrogens is 292 g/mol. The van der Waals surface area contributed by atoms with Gasteiger partial charge in [-0.05, 0) is 18.2 Å².